The van der Waals surface area contributed by atoms with Gasteiger partial charge in [-0.3, -0.25) is 0 Å². The second kappa shape index (κ2) is 5.72. The molecular weight excluding hydrogens is 262 g/mol. The zero-order chi connectivity index (χ0) is 14.8. The maximum atomic E-state index is 10.3. The van der Waals surface area contributed by atoms with Crippen molar-refractivity contribution in [2.75, 3.05) is 6.61 Å². The molecule has 2 aromatic carbocycles. The molecule has 0 aliphatic rings. The number of para-hydroxylation sites is 1. The molecule has 0 amide bonds. The molecule has 1 aromatic heterocycles. The monoisotopic (exact) mass is 281 g/mol. The molecule has 3 rings (SSSR count). The van der Waals surface area contributed by atoms with Crippen LogP contribution in [0.15, 0.2) is 60.8 Å². The van der Waals surface area contributed by atoms with Crippen LogP contribution in [0.2, 0.25) is 0 Å². The molecule has 3 nitrogen and oxygen atoms in total. The number of aliphatic hydroxyl groups excluding tert-OH is 2. The molecule has 0 radical (unpaired) electrons. The summed E-state index contributed by atoms with van der Waals surface area (Å²) in [5.74, 6) is 0. The van der Waals surface area contributed by atoms with Crippen LogP contribution in [0.5, 0.6) is 0 Å². The zero-order valence-corrected chi connectivity index (χ0v) is 12.0. The van der Waals surface area contributed by atoms with E-state index in [9.17, 15) is 10.2 Å². The predicted octanol–water partition coefficient (Wildman–Crippen LogP) is 2.89. The Bertz CT molecular complexity index is 733. The average molecular weight is 281 g/mol. The van der Waals surface area contributed by atoms with Crippen LogP contribution in [0.3, 0.4) is 0 Å². The number of aryl methyl sites for hydroxylation is 1. The highest BCUT2D eigenvalue weighted by molar-refractivity contribution is 5.84. The highest BCUT2D eigenvalue weighted by Gasteiger charge is 2.24. The Morgan fingerprint density at radius 1 is 1.00 bits per heavy atom. The van der Waals surface area contributed by atoms with Gasteiger partial charge in [0, 0.05) is 17.1 Å². The van der Waals surface area contributed by atoms with E-state index in [-0.39, 0.29) is 12.6 Å². The quantitative estimate of drug-likeness (QED) is 0.772. The molecule has 0 unspecified atom stereocenters. The topological polar surface area (TPSA) is 45.4 Å². The Morgan fingerprint density at radius 2 is 1.67 bits per heavy atom. The summed E-state index contributed by atoms with van der Waals surface area (Å²) in [4.78, 5) is 0. The predicted molar refractivity (Wildman–Crippen MR) is 84.3 cm³/mol. The second-order valence-corrected chi connectivity index (χ2v) is 5.34. The van der Waals surface area contributed by atoms with Gasteiger partial charge in [0.25, 0.3) is 0 Å². The van der Waals surface area contributed by atoms with Crippen molar-refractivity contribution in [3.05, 3.63) is 71.9 Å². The summed E-state index contributed by atoms with van der Waals surface area (Å²) in [6.07, 6.45) is 1.20. The summed E-state index contributed by atoms with van der Waals surface area (Å²) in [6.45, 7) is 1.79. The number of fused-ring (bicyclic) bond motifs is 1. The molecule has 0 aliphatic heterocycles. The number of hydrogen-bond donors (Lipinski definition) is 2. The third-order valence-corrected chi connectivity index (χ3v) is 3.93. The molecule has 3 heteroatoms. The first-order valence-corrected chi connectivity index (χ1v) is 7.12. The molecule has 0 saturated carbocycles. The molecule has 1 heterocycles. The minimum atomic E-state index is -0.845. The van der Waals surface area contributed by atoms with E-state index in [1.54, 1.807) is 0 Å². The zero-order valence-electron chi connectivity index (χ0n) is 12.0. The van der Waals surface area contributed by atoms with Gasteiger partial charge in [0.05, 0.1) is 12.6 Å². The number of hydrogen-bond acceptors (Lipinski definition) is 2. The SMILES string of the molecule is Cc1cn([C@@H](c2ccccc2)[C@H](O)CO)c2ccccc12. The van der Waals surface area contributed by atoms with Gasteiger partial charge in [-0.2, -0.15) is 0 Å². The van der Waals surface area contributed by atoms with Crippen LogP contribution >= 0.6 is 0 Å². The first-order chi connectivity index (χ1) is 10.2. The molecule has 21 heavy (non-hydrogen) atoms. The van der Waals surface area contributed by atoms with Gasteiger partial charge in [-0.05, 0) is 24.1 Å². The number of aliphatic hydroxyl groups is 2. The molecule has 0 spiro atoms. The molecule has 108 valence electrons. The van der Waals surface area contributed by atoms with Crippen LogP contribution < -0.4 is 0 Å². The maximum absolute atomic E-state index is 10.3. The Kier molecular flexibility index (Phi) is 3.78. The van der Waals surface area contributed by atoms with Crippen molar-refractivity contribution in [2.45, 2.75) is 19.1 Å². The van der Waals surface area contributed by atoms with Crippen molar-refractivity contribution >= 4 is 10.9 Å². The fourth-order valence-electron chi connectivity index (χ4n) is 2.93. The maximum Gasteiger partial charge on any atom is 0.102 e. The first kappa shape index (κ1) is 13.9. The second-order valence-electron chi connectivity index (χ2n) is 5.34. The lowest BCUT2D eigenvalue weighted by molar-refractivity contribution is 0.0653. The largest absolute Gasteiger partial charge is 0.394 e. The molecule has 2 atom stereocenters. The van der Waals surface area contributed by atoms with E-state index in [2.05, 4.69) is 17.6 Å². The third kappa shape index (κ3) is 2.46. The van der Waals surface area contributed by atoms with Gasteiger partial charge in [-0.1, -0.05) is 48.5 Å². The summed E-state index contributed by atoms with van der Waals surface area (Å²) in [6, 6.07) is 17.6. The van der Waals surface area contributed by atoms with Gasteiger partial charge in [0.15, 0.2) is 0 Å². The molecular formula is C18H19NO2. The van der Waals surface area contributed by atoms with Gasteiger partial charge in [0.2, 0.25) is 0 Å². The van der Waals surface area contributed by atoms with E-state index >= 15 is 0 Å². The lowest BCUT2D eigenvalue weighted by Gasteiger charge is -2.25. The number of nitrogens with zero attached hydrogens (tertiary/aromatic N) is 1. The van der Waals surface area contributed by atoms with Crippen LogP contribution in [0.4, 0.5) is 0 Å². The first-order valence-electron chi connectivity index (χ1n) is 7.12. The van der Waals surface area contributed by atoms with Crippen molar-refractivity contribution in [1.29, 1.82) is 0 Å². The van der Waals surface area contributed by atoms with E-state index in [1.165, 1.54) is 5.39 Å². The molecule has 0 saturated heterocycles. The van der Waals surface area contributed by atoms with Crippen LogP contribution in [0, 0.1) is 6.92 Å². The van der Waals surface area contributed by atoms with Crippen LogP contribution in [0.25, 0.3) is 10.9 Å². The molecule has 2 N–H and O–H groups in total. The lowest BCUT2D eigenvalue weighted by Crippen LogP contribution is -2.28. The van der Waals surface area contributed by atoms with Crippen molar-refractivity contribution in [2.24, 2.45) is 0 Å². The van der Waals surface area contributed by atoms with Gasteiger partial charge in [-0.25, -0.2) is 0 Å². The minimum Gasteiger partial charge on any atom is -0.394 e. The normalized spacial score (nSPS) is 14.2. The average Bonchev–Trinajstić information content (AvgIpc) is 2.86. The Morgan fingerprint density at radius 3 is 2.38 bits per heavy atom. The smallest absolute Gasteiger partial charge is 0.102 e. The van der Waals surface area contributed by atoms with Crippen LogP contribution in [0.1, 0.15) is 17.2 Å². The van der Waals surface area contributed by atoms with Gasteiger partial charge in [0.1, 0.15) is 6.10 Å². The fourth-order valence-corrected chi connectivity index (χ4v) is 2.93. The van der Waals surface area contributed by atoms with Crippen molar-refractivity contribution in [1.82, 2.24) is 4.57 Å². The van der Waals surface area contributed by atoms with Crippen molar-refractivity contribution in [3.63, 3.8) is 0 Å². The highest BCUT2D eigenvalue weighted by Crippen LogP contribution is 2.29. The summed E-state index contributed by atoms with van der Waals surface area (Å²) >= 11 is 0. The van der Waals surface area contributed by atoms with Crippen molar-refractivity contribution in [3.8, 4) is 0 Å². The molecule has 0 fully saturated rings. The van der Waals surface area contributed by atoms with E-state index in [1.807, 2.05) is 54.7 Å². The summed E-state index contributed by atoms with van der Waals surface area (Å²) < 4.78 is 2.06. The summed E-state index contributed by atoms with van der Waals surface area (Å²) in [5.41, 5.74) is 3.22. The molecule has 0 aliphatic carbocycles. The number of benzene rings is 2. The number of aromatic nitrogens is 1. The summed E-state index contributed by atoms with van der Waals surface area (Å²) in [7, 11) is 0. The lowest BCUT2D eigenvalue weighted by atomic mass is 10.0. The minimum absolute atomic E-state index is 0.273. The van der Waals surface area contributed by atoms with Crippen LogP contribution in [-0.4, -0.2) is 27.5 Å². The third-order valence-electron chi connectivity index (χ3n) is 3.93. The van der Waals surface area contributed by atoms with E-state index in [0.29, 0.717) is 0 Å². The van der Waals surface area contributed by atoms with Gasteiger partial charge in [-0.15, -0.1) is 0 Å². The van der Waals surface area contributed by atoms with Crippen LogP contribution in [-0.2, 0) is 0 Å². The molecule has 3 aromatic rings. The Balaban J connectivity index is 2.20. The Hall–Kier alpha value is -2.10. The van der Waals surface area contributed by atoms with E-state index < -0.39 is 6.10 Å². The van der Waals surface area contributed by atoms with E-state index in [0.717, 1.165) is 16.6 Å². The van der Waals surface area contributed by atoms with Gasteiger partial charge < -0.3 is 14.8 Å². The van der Waals surface area contributed by atoms with Crippen molar-refractivity contribution < 1.29 is 10.2 Å². The highest BCUT2D eigenvalue weighted by atomic mass is 16.3. The standard InChI is InChI=1S/C18H19NO2/c1-13-11-19(16-10-6-5-9-15(13)16)18(17(21)12-20)14-7-3-2-4-8-14/h2-11,17-18,20-21H,12H2,1H3/t17-,18+/m1/s1. The number of rotatable bonds is 4. The molecule has 0 bridgehead atoms. The fraction of sp³-hybridized carbons (Fsp3) is 0.222. The summed E-state index contributed by atoms with van der Waals surface area (Å²) in [5, 5.41) is 20.9. The van der Waals surface area contributed by atoms with E-state index in [4.69, 9.17) is 0 Å². The Labute approximate surface area is 124 Å². The van der Waals surface area contributed by atoms with Gasteiger partial charge >= 0.3 is 0 Å².